The van der Waals surface area contributed by atoms with Gasteiger partial charge in [-0.2, -0.15) is 0 Å². The highest BCUT2D eigenvalue weighted by atomic mass is 16.7. The van der Waals surface area contributed by atoms with E-state index in [4.69, 9.17) is 15.0 Å². The van der Waals surface area contributed by atoms with E-state index in [2.05, 4.69) is 10.0 Å². The largest absolute Gasteiger partial charge is 0.468 e. The molecule has 2 atom stereocenters. The molecule has 1 aliphatic heterocycles. The van der Waals surface area contributed by atoms with Crippen LogP contribution in [0.1, 0.15) is 5.56 Å². The van der Waals surface area contributed by atoms with Gasteiger partial charge in [-0.25, -0.2) is 0 Å². The maximum atomic E-state index is 12.4. The average molecular weight is 350 g/mol. The van der Waals surface area contributed by atoms with Gasteiger partial charge >= 0.3 is 0 Å². The number of anilines is 1. The molecule has 1 saturated heterocycles. The highest BCUT2D eigenvalue weighted by Gasteiger charge is 2.46. The Kier molecular flexibility index (Phi) is 5.53. The second kappa shape index (κ2) is 8.20. The summed E-state index contributed by atoms with van der Waals surface area (Å²) in [5, 5.41) is 3.64. The summed E-state index contributed by atoms with van der Waals surface area (Å²) in [6.07, 6.45) is 3.80. The van der Waals surface area contributed by atoms with E-state index < -0.39 is 6.04 Å². The molecule has 3 rings (SSSR count). The molecule has 0 N–H and O–H groups in total. The number of hydrogen-bond acceptors (Lipinski definition) is 4. The van der Waals surface area contributed by atoms with E-state index in [0.717, 1.165) is 5.56 Å². The number of amides is 1. The van der Waals surface area contributed by atoms with E-state index in [1.807, 2.05) is 42.5 Å². The average Bonchev–Trinajstić information content (AvgIpc) is 2.69. The van der Waals surface area contributed by atoms with Crippen LogP contribution in [-0.2, 0) is 9.53 Å². The van der Waals surface area contributed by atoms with Crippen LogP contribution in [0.4, 0.5) is 5.69 Å². The lowest BCUT2D eigenvalue weighted by Gasteiger charge is -2.43. The number of ether oxygens (including phenoxy) is 2. The Balaban J connectivity index is 1.81. The molecule has 132 valence electrons. The molecule has 1 heterocycles. The molecular formula is C19H18N4O3. The van der Waals surface area contributed by atoms with Gasteiger partial charge in [-0.15, -0.1) is 0 Å². The van der Waals surface area contributed by atoms with Crippen LogP contribution < -0.4 is 9.64 Å². The number of β-lactam (4-membered cyclic amide) rings is 1. The van der Waals surface area contributed by atoms with Crippen molar-refractivity contribution in [1.82, 2.24) is 0 Å². The second-order valence-electron chi connectivity index (χ2n) is 5.66. The van der Waals surface area contributed by atoms with Crippen molar-refractivity contribution in [2.45, 2.75) is 12.1 Å². The number of benzene rings is 2. The number of methoxy groups -OCH3 is 1. The molecule has 0 saturated carbocycles. The predicted molar refractivity (Wildman–Crippen MR) is 98.6 cm³/mol. The summed E-state index contributed by atoms with van der Waals surface area (Å²) in [4.78, 5) is 16.8. The normalized spacial score (nSPS) is 19.1. The second-order valence-corrected chi connectivity index (χ2v) is 5.66. The highest BCUT2D eigenvalue weighted by Crippen LogP contribution is 2.32. The molecule has 7 heteroatoms. The zero-order valence-corrected chi connectivity index (χ0v) is 14.2. The Bertz CT molecular complexity index is 830. The summed E-state index contributed by atoms with van der Waals surface area (Å²) < 4.78 is 10.2. The van der Waals surface area contributed by atoms with Gasteiger partial charge in [-0.3, -0.25) is 4.79 Å². The Morgan fingerprint density at radius 1 is 1.19 bits per heavy atom. The van der Waals surface area contributed by atoms with E-state index in [1.165, 1.54) is 0 Å². The first-order valence-corrected chi connectivity index (χ1v) is 8.07. The minimum atomic E-state index is -0.732. The molecule has 0 radical (unpaired) electrons. The summed E-state index contributed by atoms with van der Waals surface area (Å²) in [7, 11) is 1.55. The van der Waals surface area contributed by atoms with Crippen LogP contribution in [0.3, 0.4) is 0 Å². The topological polar surface area (TPSA) is 87.5 Å². The Hall–Kier alpha value is -3.28. The van der Waals surface area contributed by atoms with Crippen molar-refractivity contribution in [2.24, 2.45) is 5.11 Å². The zero-order valence-electron chi connectivity index (χ0n) is 14.2. The molecule has 0 bridgehead atoms. The fourth-order valence-corrected chi connectivity index (χ4v) is 2.76. The van der Waals surface area contributed by atoms with Crippen molar-refractivity contribution < 1.29 is 14.3 Å². The van der Waals surface area contributed by atoms with Crippen LogP contribution in [0.25, 0.3) is 16.5 Å². The van der Waals surface area contributed by atoms with Gasteiger partial charge in [0.2, 0.25) is 5.91 Å². The molecule has 2 unspecified atom stereocenters. The molecule has 1 amide bonds. The van der Waals surface area contributed by atoms with Crippen LogP contribution in [0.15, 0.2) is 65.8 Å². The number of rotatable bonds is 7. The number of nitrogens with zero attached hydrogens (tertiary/aromatic N) is 4. The first kappa shape index (κ1) is 17.5. The first-order chi connectivity index (χ1) is 12.7. The van der Waals surface area contributed by atoms with Crippen molar-refractivity contribution >= 4 is 17.7 Å². The van der Waals surface area contributed by atoms with Crippen molar-refractivity contribution in [3.63, 3.8) is 0 Å². The lowest BCUT2D eigenvalue weighted by molar-refractivity contribution is -0.125. The smallest absolute Gasteiger partial charge is 0.239 e. The molecule has 1 aliphatic rings. The molecular weight excluding hydrogens is 332 g/mol. The SMILES string of the molecule is COCOc1ccc(N2C(=O)C(N=[N+]=[N-])C2/C=C/c2ccccc2)cc1. The lowest BCUT2D eigenvalue weighted by Crippen LogP contribution is -2.63. The summed E-state index contributed by atoms with van der Waals surface area (Å²) in [5.74, 6) is 0.419. The van der Waals surface area contributed by atoms with Gasteiger partial charge in [-0.05, 0) is 35.4 Å². The van der Waals surface area contributed by atoms with Crippen LogP contribution >= 0.6 is 0 Å². The summed E-state index contributed by atoms with van der Waals surface area (Å²) in [6, 6.07) is 15.8. The monoisotopic (exact) mass is 350 g/mol. The van der Waals surface area contributed by atoms with Crippen LogP contribution in [0.2, 0.25) is 0 Å². The van der Waals surface area contributed by atoms with Crippen LogP contribution in [-0.4, -0.2) is 31.9 Å². The number of hydrogen-bond donors (Lipinski definition) is 0. The van der Waals surface area contributed by atoms with Gasteiger partial charge in [0, 0.05) is 17.7 Å². The zero-order chi connectivity index (χ0) is 18.4. The number of carbonyl (C=O) groups is 1. The van der Waals surface area contributed by atoms with Crippen LogP contribution in [0.5, 0.6) is 5.75 Å². The molecule has 1 fully saturated rings. The van der Waals surface area contributed by atoms with Gasteiger partial charge in [0.05, 0.1) is 6.04 Å². The molecule has 2 aromatic carbocycles. The molecule has 26 heavy (non-hydrogen) atoms. The quantitative estimate of drug-likeness (QED) is 0.250. The van der Waals surface area contributed by atoms with E-state index in [0.29, 0.717) is 11.4 Å². The van der Waals surface area contributed by atoms with Gasteiger partial charge in [0.25, 0.3) is 0 Å². The Morgan fingerprint density at radius 2 is 1.92 bits per heavy atom. The van der Waals surface area contributed by atoms with E-state index in [9.17, 15) is 4.79 Å². The van der Waals surface area contributed by atoms with Crippen molar-refractivity contribution in [2.75, 3.05) is 18.8 Å². The number of carbonyl (C=O) groups excluding carboxylic acids is 1. The third-order valence-electron chi connectivity index (χ3n) is 4.03. The summed E-state index contributed by atoms with van der Waals surface area (Å²) in [6.45, 7) is 0.156. The Labute approximate surface area is 151 Å². The minimum absolute atomic E-state index is 0.156. The number of azide groups is 1. The fraction of sp³-hybridized carbons (Fsp3) is 0.211. The van der Waals surface area contributed by atoms with Crippen LogP contribution in [0, 0.1) is 0 Å². The van der Waals surface area contributed by atoms with Gasteiger partial charge in [0.15, 0.2) is 6.79 Å². The van der Waals surface area contributed by atoms with Gasteiger partial charge in [0.1, 0.15) is 11.8 Å². The van der Waals surface area contributed by atoms with Crippen molar-refractivity contribution in [3.8, 4) is 5.75 Å². The molecule has 2 aromatic rings. The maximum Gasteiger partial charge on any atom is 0.239 e. The third kappa shape index (κ3) is 3.69. The molecule has 0 aromatic heterocycles. The minimum Gasteiger partial charge on any atom is -0.468 e. The van der Waals surface area contributed by atoms with Gasteiger partial charge < -0.3 is 14.4 Å². The third-order valence-corrected chi connectivity index (χ3v) is 4.03. The summed E-state index contributed by atoms with van der Waals surface area (Å²) in [5.41, 5.74) is 10.5. The van der Waals surface area contributed by atoms with Crippen molar-refractivity contribution in [3.05, 3.63) is 76.7 Å². The Morgan fingerprint density at radius 3 is 2.58 bits per heavy atom. The van der Waals surface area contributed by atoms with E-state index >= 15 is 0 Å². The van der Waals surface area contributed by atoms with E-state index in [-0.39, 0.29) is 18.7 Å². The summed E-state index contributed by atoms with van der Waals surface area (Å²) >= 11 is 0. The van der Waals surface area contributed by atoms with Gasteiger partial charge in [-0.1, -0.05) is 47.6 Å². The molecule has 0 aliphatic carbocycles. The standard InChI is InChI=1S/C19H18N4O3/c1-25-13-26-16-10-8-15(9-11-16)23-17(18(19(23)24)21-22-20)12-7-14-5-3-2-4-6-14/h2-12,17-18H,13H2,1H3/b12-7+. The molecule has 0 spiro atoms. The predicted octanol–water partition coefficient (Wildman–Crippen LogP) is 3.78. The highest BCUT2D eigenvalue weighted by molar-refractivity contribution is 6.06. The fourth-order valence-electron chi connectivity index (χ4n) is 2.76. The maximum absolute atomic E-state index is 12.4. The molecule has 7 nitrogen and oxygen atoms in total. The lowest BCUT2D eigenvalue weighted by atomic mass is 9.93. The van der Waals surface area contributed by atoms with E-state index in [1.54, 1.807) is 36.3 Å². The van der Waals surface area contributed by atoms with Crippen molar-refractivity contribution in [1.29, 1.82) is 0 Å². The first-order valence-electron chi connectivity index (χ1n) is 8.07.